The molecule has 21 heavy (non-hydrogen) atoms. The van der Waals surface area contributed by atoms with Gasteiger partial charge in [-0.1, -0.05) is 6.07 Å². The molecule has 1 rings (SSSR count). The second kappa shape index (κ2) is 6.65. The Bertz CT molecular complexity index is 680. The van der Waals surface area contributed by atoms with Crippen LogP contribution in [0.1, 0.15) is 25.8 Å². The van der Waals surface area contributed by atoms with Crippen LogP contribution < -0.4 is 0 Å². The summed E-state index contributed by atoms with van der Waals surface area (Å²) >= 11 is 0. The number of hydrogen-bond acceptors (Lipinski definition) is 4. The summed E-state index contributed by atoms with van der Waals surface area (Å²) in [6.45, 7) is 2.90. The van der Waals surface area contributed by atoms with Crippen molar-refractivity contribution in [3.05, 3.63) is 29.6 Å². The van der Waals surface area contributed by atoms with Gasteiger partial charge in [0, 0.05) is 12.6 Å². The van der Waals surface area contributed by atoms with Gasteiger partial charge in [0.1, 0.15) is 22.3 Å². The van der Waals surface area contributed by atoms with E-state index in [1.54, 1.807) is 13.8 Å². The highest BCUT2D eigenvalue weighted by Crippen LogP contribution is 2.23. The molecule has 0 heterocycles. The maximum atomic E-state index is 13.6. The van der Waals surface area contributed by atoms with E-state index < -0.39 is 38.3 Å². The van der Waals surface area contributed by atoms with E-state index in [9.17, 15) is 17.6 Å². The highest BCUT2D eigenvalue weighted by atomic mass is 32.2. The smallest absolute Gasteiger partial charge is 0.304 e. The Balaban J connectivity index is 3.34. The van der Waals surface area contributed by atoms with Gasteiger partial charge in [0.2, 0.25) is 10.0 Å². The van der Waals surface area contributed by atoms with Gasteiger partial charge in [-0.25, -0.2) is 12.8 Å². The van der Waals surface area contributed by atoms with E-state index in [0.29, 0.717) is 0 Å². The molecular formula is C13H15FN2O4S. The molecule has 0 spiro atoms. The Kier molecular flexibility index (Phi) is 5.41. The molecule has 0 aliphatic carbocycles. The predicted molar refractivity (Wildman–Crippen MR) is 72.4 cm³/mol. The van der Waals surface area contributed by atoms with Gasteiger partial charge in [0.25, 0.3) is 0 Å². The van der Waals surface area contributed by atoms with E-state index in [1.807, 2.05) is 0 Å². The van der Waals surface area contributed by atoms with Crippen LogP contribution in [0.25, 0.3) is 0 Å². The van der Waals surface area contributed by atoms with Gasteiger partial charge in [-0.05, 0) is 26.0 Å². The minimum atomic E-state index is -4.15. The largest absolute Gasteiger partial charge is 0.481 e. The third-order valence-corrected chi connectivity index (χ3v) is 4.91. The molecule has 0 aliphatic heterocycles. The average molecular weight is 314 g/mol. The van der Waals surface area contributed by atoms with Crippen molar-refractivity contribution in [1.82, 2.24) is 4.31 Å². The normalized spacial score (nSPS) is 11.6. The summed E-state index contributed by atoms with van der Waals surface area (Å²) in [5.41, 5.74) is -0.571. The molecule has 6 nitrogen and oxygen atoms in total. The van der Waals surface area contributed by atoms with E-state index >= 15 is 0 Å². The fourth-order valence-electron chi connectivity index (χ4n) is 1.82. The van der Waals surface area contributed by atoms with Gasteiger partial charge in [-0.3, -0.25) is 4.79 Å². The molecule has 0 bridgehead atoms. The summed E-state index contributed by atoms with van der Waals surface area (Å²) in [4.78, 5) is 10.2. The van der Waals surface area contributed by atoms with Gasteiger partial charge < -0.3 is 5.11 Å². The Morgan fingerprint density at radius 1 is 1.48 bits per heavy atom. The Labute approximate surface area is 122 Å². The number of rotatable bonds is 6. The van der Waals surface area contributed by atoms with Crippen molar-refractivity contribution >= 4 is 16.0 Å². The Morgan fingerprint density at radius 2 is 2.10 bits per heavy atom. The first-order valence-electron chi connectivity index (χ1n) is 6.14. The molecule has 0 aliphatic rings. The molecule has 1 aromatic rings. The van der Waals surface area contributed by atoms with Gasteiger partial charge in [0.15, 0.2) is 0 Å². The lowest BCUT2D eigenvalue weighted by molar-refractivity contribution is -0.137. The van der Waals surface area contributed by atoms with Gasteiger partial charge in [-0.2, -0.15) is 9.57 Å². The van der Waals surface area contributed by atoms with Crippen LogP contribution in [-0.2, 0) is 14.8 Å². The summed E-state index contributed by atoms with van der Waals surface area (Å²) in [6, 6.07) is 4.33. The monoisotopic (exact) mass is 314 g/mol. The van der Waals surface area contributed by atoms with Crippen LogP contribution in [0.4, 0.5) is 4.39 Å². The standard InChI is InChI=1S/C13H15FN2O4S/c1-9(2)16(7-6-13(17)18)21(19,20)12-5-3-4-11(14)10(12)8-15/h3-5,9H,6-7H2,1-2H3,(H,17,18). The average Bonchev–Trinajstić information content (AvgIpc) is 2.37. The van der Waals surface area contributed by atoms with Crippen molar-refractivity contribution in [1.29, 1.82) is 5.26 Å². The topological polar surface area (TPSA) is 98.5 Å². The first-order valence-corrected chi connectivity index (χ1v) is 7.58. The highest BCUT2D eigenvalue weighted by molar-refractivity contribution is 7.89. The quantitative estimate of drug-likeness (QED) is 0.859. The van der Waals surface area contributed by atoms with Crippen LogP contribution in [0, 0.1) is 17.1 Å². The van der Waals surface area contributed by atoms with Gasteiger partial charge in [-0.15, -0.1) is 0 Å². The number of carbonyl (C=O) groups is 1. The molecule has 0 saturated heterocycles. The zero-order valence-electron chi connectivity index (χ0n) is 11.6. The zero-order chi connectivity index (χ0) is 16.2. The highest BCUT2D eigenvalue weighted by Gasteiger charge is 2.30. The maximum absolute atomic E-state index is 13.6. The number of aliphatic carboxylic acids is 1. The Morgan fingerprint density at radius 3 is 2.57 bits per heavy atom. The van der Waals surface area contributed by atoms with Crippen molar-refractivity contribution in [2.45, 2.75) is 31.2 Å². The number of carboxylic acid groups (broad SMARTS) is 1. The molecule has 0 aromatic heterocycles. The van der Waals surface area contributed by atoms with Crippen molar-refractivity contribution in [2.24, 2.45) is 0 Å². The second-order valence-electron chi connectivity index (χ2n) is 4.58. The predicted octanol–water partition coefficient (Wildman–Crippen LogP) is 1.57. The molecule has 114 valence electrons. The fourth-order valence-corrected chi connectivity index (χ4v) is 3.61. The first-order chi connectivity index (χ1) is 9.71. The first kappa shape index (κ1) is 17.1. The summed E-state index contributed by atoms with van der Waals surface area (Å²) in [7, 11) is -4.15. The van der Waals surface area contributed by atoms with E-state index in [1.165, 1.54) is 12.1 Å². The summed E-state index contributed by atoms with van der Waals surface area (Å²) in [5, 5.41) is 17.6. The molecule has 0 radical (unpaired) electrons. The van der Waals surface area contributed by atoms with Crippen LogP contribution in [0.5, 0.6) is 0 Å². The summed E-state index contributed by atoms with van der Waals surface area (Å²) in [5.74, 6) is -2.07. The number of halogens is 1. The number of carboxylic acids is 1. The number of sulfonamides is 1. The molecule has 0 fully saturated rings. The maximum Gasteiger partial charge on any atom is 0.304 e. The van der Waals surface area contributed by atoms with E-state index in [-0.39, 0.29) is 13.0 Å². The van der Waals surface area contributed by atoms with Crippen LogP contribution in [-0.4, -0.2) is 36.4 Å². The summed E-state index contributed by atoms with van der Waals surface area (Å²) in [6.07, 6.45) is -0.380. The molecular weight excluding hydrogens is 299 g/mol. The zero-order valence-corrected chi connectivity index (χ0v) is 12.4. The van der Waals surface area contributed by atoms with E-state index in [4.69, 9.17) is 10.4 Å². The molecule has 0 amide bonds. The molecule has 1 aromatic carbocycles. The molecule has 0 atom stereocenters. The minimum absolute atomic E-state index is 0.253. The van der Waals surface area contributed by atoms with Crippen LogP contribution in [0.2, 0.25) is 0 Å². The van der Waals surface area contributed by atoms with Crippen LogP contribution >= 0.6 is 0 Å². The van der Waals surface area contributed by atoms with E-state index in [2.05, 4.69) is 0 Å². The lowest BCUT2D eigenvalue weighted by atomic mass is 10.2. The van der Waals surface area contributed by atoms with E-state index in [0.717, 1.165) is 16.4 Å². The number of hydrogen-bond donors (Lipinski definition) is 1. The van der Waals surface area contributed by atoms with Crippen molar-refractivity contribution < 1.29 is 22.7 Å². The van der Waals surface area contributed by atoms with Gasteiger partial charge in [0.05, 0.1) is 6.42 Å². The molecule has 1 N–H and O–H groups in total. The van der Waals surface area contributed by atoms with Gasteiger partial charge >= 0.3 is 5.97 Å². The fraction of sp³-hybridized carbons (Fsp3) is 0.385. The van der Waals surface area contributed by atoms with Crippen molar-refractivity contribution in [3.8, 4) is 6.07 Å². The Hall–Kier alpha value is -1.98. The number of nitriles is 1. The SMILES string of the molecule is CC(C)N(CCC(=O)O)S(=O)(=O)c1cccc(F)c1C#N. The molecule has 0 saturated carbocycles. The van der Waals surface area contributed by atoms with Crippen LogP contribution in [0.3, 0.4) is 0 Å². The lowest BCUT2D eigenvalue weighted by Gasteiger charge is -2.25. The number of benzene rings is 1. The third-order valence-electron chi connectivity index (χ3n) is 2.80. The number of nitrogens with zero attached hydrogens (tertiary/aromatic N) is 2. The minimum Gasteiger partial charge on any atom is -0.481 e. The second-order valence-corrected chi connectivity index (χ2v) is 6.44. The van der Waals surface area contributed by atoms with Crippen molar-refractivity contribution in [3.63, 3.8) is 0 Å². The molecule has 0 unspecified atom stereocenters. The third kappa shape index (κ3) is 3.77. The molecule has 8 heteroatoms. The van der Waals surface area contributed by atoms with Crippen molar-refractivity contribution in [2.75, 3.05) is 6.54 Å². The summed E-state index contributed by atoms with van der Waals surface area (Å²) < 4.78 is 39.6. The lowest BCUT2D eigenvalue weighted by Crippen LogP contribution is -2.38. The van der Waals surface area contributed by atoms with Crippen LogP contribution in [0.15, 0.2) is 23.1 Å².